The van der Waals surface area contributed by atoms with Crippen molar-refractivity contribution >= 4 is 11.9 Å². The molecule has 4 rings (SSSR count). The van der Waals surface area contributed by atoms with Gasteiger partial charge in [0, 0.05) is 19.5 Å². The van der Waals surface area contributed by atoms with E-state index in [0.29, 0.717) is 42.6 Å². The van der Waals surface area contributed by atoms with E-state index in [1.54, 1.807) is 0 Å². The zero-order valence-corrected chi connectivity index (χ0v) is 18.8. The molecule has 1 fully saturated rings. The molecule has 174 valence electrons. The third kappa shape index (κ3) is 4.85. The normalized spacial score (nSPS) is 16.1. The van der Waals surface area contributed by atoms with Crippen LogP contribution in [0.15, 0.2) is 23.0 Å². The monoisotopic (exact) mass is 453 g/mol. The maximum atomic E-state index is 14.3. The van der Waals surface area contributed by atoms with Crippen molar-refractivity contribution in [1.82, 2.24) is 14.6 Å². The van der Waals surface area contributed by atoms with Crippen molar-refractivity contribution in [2.75, 3.05) is 25.5 Å². The van der Waals surface area contributed by atoms with E-state index in [-0.39, 0.29) is 23.2 Å². The topological polar surface area (TPSA) is 100 Å². The molecular formula is C24H28FN5O3. The molecule has 1 aliphatic heterocycles. The molecule has 0 atom stereocenters. The number of hydrogen-bond acceptors (Lipinski definition) is 6. The van der Waals surface area contributed by atoms with Crippen LogP contribution in [-0.2, 0) is 13.0 Å². The number of aromatic nitrogens is 2. The number of nitriles is 1. The number of benzene rings is 1. The number of nitrogens with one attached hydrogen (secondary N) is 1. The van der Waals surface area contributed by atoms with E-state index in [4.69, 9.17) is 10.1 Å². The summed E-state index contributed by atoms with van der Waals surface area (Å²) in [5.41, 5.74) is 0.629. The SMILES string of the molecule is COn1c(NCCC2CCCCC2)nc2c(c1=O)CN(C(=O)c1ccc(C#N)cc1F)CC2. The van der Waals surface area contributed by atoms with Gasteiger partial charge in [-0.15, -0.1) is 4.73 Å². The number of hydrogen-bond donors (Lipinski definition) is 1. The Kier molecular flexibility index (Phi) is 6.92. The predicted octanol–water partition coefficient (Wildman–Crippen LogP) is 2.89. The Labute approximate surface area is 191 Å². The number of fused-ring (bicyclic) bond motifs is 1. The fourth-order valence-electron chi connectivity index (χ4n) is 4.71. The lowest BCUT2D eigenvalue weighted by molar-refractivity contribution is 0.0723. The van der Waals surface area contributed by atoms with Crippen LogP contribution in [-0.4, -0.2) is 40.7 Å². The van der Waals surface area contributed by atoms with Crippen LogP contribution < -0.4 is 15.7 Å². The van der Waals surface area contributed by atoms with Crippen LogP contribution in [0.5, 0.6) is 0 Å². The zero-order valence-electron chi connectivity index (χ0n) is 18.8. The van der Waals surface area contributed by atoms with Gasteiger partial charge in [0.2, 0.25) is 5.95 Å². The van der Waals surface area contributed by atoms with Gasteiger partial charge in [-0.1, -0.05) is 32.1 Å². The Balaban J connectivity index is 1.50. The van der Waals surface area contributed by atoms with E-state index >= 15 is 0 Å². The van der Waals surface area contributed by atoms with Crippen molar-refractivity contribution in [2.45, 2.75) is 51.5 Å². The van der Waals surface area contributed by atoms with Crippen LogP contribution in [0.3, 0.4) is 0 Å². The Morgan fingerprint density at radius 1 is 1.33 bits per heavy atom. The summed E-state index contributed by atoms with van der Waals surface area (Å²) in [7, 11) is 1.40. The van der Waals surface area contributed by atoms with E-state index in [9.17, 15) is 14.0 Å². The van der Waals surface area contributed by atoms with Gasteiger partial charge >= 0.3 is 0 Å². The molecule has 1 aliphatic carbocycles. The second-order valence-electron chi connectivity index (χ2n) is 8.65. The van der Waals surface area contributed by atoms with Gasteiger partial charge in [-0.25, -0.2) is 9.37 Å². The molecule has 2 aromatic rings. The molecule has 2 heterocycles. The van der Waals surface area contributed by atoms with Gasteiger partial charge < -0.3 is 15.1 Å². The highest BCUT2D eigenvalue weighted by molar-refractivity contribution is 5.94. The van der Waals surface area contributed by atoms with Gasteiger partial charge in [0.05, 0.1) is 35.0 Å². The van der Waals surface area contributed by atoms with E-state index in [0.717, 1.165) is 17.2 Å². The molecule has 1 aromatic carbocycles. The number of anilines is 1. The minimum atomic E-state index is -0.755. The van der Waals surface area contributed by atoms with Crippen LogP contribution in [0.2, 0.25) is 0 Å². The summed E-state index contributed by atoms with van der Waals surface area (Å²) in [4.78, 5) is 37.3. The maximum absolute atomic E-state index is 14.3. The van der Waals surface area contributed by atoms with Crippen LogP contribution in [0.4, 0.5) is 10.3 Å². The van der Waals surface area contributed by atoms with Crippen molar-refractivity contribution in [1.29, 1.82) is 5.26 Å². The van der Waals surface area contributed by atoms with Crippen LogP contribution in [0.25, 0.3) is 0 Å². The minimum Gasteiger partial charge on any atom is -0.411 e. The molecule has 1 saturated carbocycles. The first-order valence-electron chi connectivity index (χ1n) is 11.4. The Hall–Kier alpha value is -3.41. The lowest BCUT2D eigenvalue weighted by Crippen LogP contribution is -2.42. The van der Waals surface area contributed by atoms with Gasteiger partial charge in [-0.3, -0.25) is 9.59 Å². The molecule has 9 heteroatoms. The molecule has 33 heavy (non-hydrogen) atoms. The van der Waals surface area contributed by atoms with Crippen molar-refractivity contribution in [3.8, 4) is 6.07 Å². The quantitative estimate of drug-likeness (QED) is 0.722. The highest BCUT2D eigenvalue weighted by atomic mass is 19.1. The second kappa shape index (κ2) is 10.0. The Morgan fingerprint density at radius 3 is 2.82 bits per heavy atom. The summed E-state index contributed by atoms with van der Waals surface area (Å²) in [6.07, 6.45) is 7.79. The molecule has 1 N–H and O–H groups in total. The summed E-state index contributed by atoms with van der Waals surface area (Å²) in [5, 5.41) is 12.1. The van der Waals surface area contributed by atoms with Crippen molar-refractivity contribution < 1.29 is 14.0 Å². The molecule has 0 unspecified atom stereocenters. The first-order chi connectivity index (χ1) is 16.0. The number of nitrogens with zero attached hydrogens (tertiary/aromatic N) is 4. The molecular weight excluding hydrogens is 425 g/mol. The Morgan fingerprint density at radius 2 is 2.12 bits per heavy atom. The van der Waals surface area contributed by atoms with Gasteiger partial charge in [0.25, 0.3) is 11.5 Å². The average Bonchev–Trinajstić information content (AvgIpc) is 2.84. The zero-order chi connectivity index (χ0) is 23.4. The van der Waals surface area contributed by atoms with Crippen molar-refractivity contribution in [2.24, 2.45) is 5.92 Å². The summed E-state index contributed by atoms with van der Waals surface area (Å²) < 4.78 is 15.5. The van der Waals surface area contributed by atoms with Crippen molar-refractivity contribution in [3.05, 3.63) is 56.8 Å². The fraction of sp³-hybridized carbons (Fsp3) is 0.500. The minimum absolute atomic E-state index is 0.0190. The smallest absolute Gasteiger partial charge is 0.293 e. The van der Waals surface area contributed by atoms with Crippen molar-refractivity contribution in [3.63, 3.8) is 0 Å². The van der Waals surface area contributed by atoms with Crippen LogP contribution >= 0.6 is 0 Å². The Bertz CT molecular complexity index is 1130. The third-order valence-corrected chi connectivity index (χ3v) is 6.55. The molecule has 0 radical (unpaired) electrons. The second-order valence-corrected chi connectivity index (χ2v) is 8.65. The van der Waals surface area contributed by atoms with Gasteiger partial charge in [0.15, 0.2) is 0 Å². The van der Waals surface area contributed by atoms with E-state index in [2.05, 4.69) is 10.3 Å². The predicted molar refractivity (Wildman–Crippen MR) is 120 cm³/mol. The first-order valence-corrected chi connectivity index (χ1v) is 11.4. The first kappa shape index (κ1) is 22.8. The van der Waals surface area contributed by atoms with Gasteiger partial charge in [-0.2, -0.15) is 5.26 Å². The summed E-state index contributed by atoms with van der Waals surface area (Å²) in [6.45, 7) is 1.04. The van der Waals surface area contributed by atoms with Gasteiger partial charge in [-0.05, 0) is 30.5 Å². The molecule has 0 spiro atoms. The van der Waals surface area contributed by atoms with E-state index < -0.39 is 11.7 Å². The number of rotatable bonds is 6. The molecule has 8 nitrogen and oxygen atoms in total. The highest BCUT2D eigenvalue weighted by Gasteiger charge is 2.28. The summed E-state index contributed by atoms with van der Waals surface area (Å²) in [5.74, 6) is -0.209. The standard InChI is InChI=1S/C24H28FN5O3/c1-33-30-23(32)19-15-29(22(31)18-8-7-17(14-26)13-20(18)25)12-10-21(19)28-24(30)27-11-9-16-5-3-2-4-6-16/h7-8,13,16H,2-6,9-12,15H2,1H3,(H,27,28). The largest absolute Gasteiger partial charge is 0.411 e. The molecule has 0 bridgehead atoms. The van der Waals surface area contributed by atoms with Crippen LogP contribution in [0, 0.1) is 23.1 Å². The number of amides is 1. The highest BCUT2D eigenvalue weighted by Crippen LogP contribution is 2.26. The van der Waals surface area contributed by atoms with E-state index in [1.807, 2.05) is 6.07 Å². The third-order valence-electron chi connectivity index (χ3n) is 6.55. The lowest BCUT2D eigenvalue weighted by atomic mass is 9.87. The maximum Gasteiger partial charge on any atom is 0.293 e. The number of carbonyl (C=O) groups is 1. The van der Waals surface area contributed by atoms with E-state index in [1.165, 1.54) is 56.2 Å². The molecule has 1 aromatic heterocycles. The summed E-state index contributed by atoms with van der Waals surface area (Å²) >= 11 is 0. The summed E-state index contributed by atoms with van der Waals surface area (Å²) in [6, 6.07) is 5.59. The number of halogens is 1. The average molecular weight is 454 g/mol. The van der Waals surface area contributed by atoms with Gasteiger partial charge in [0.1, 0.15) is 12.9 Å². The molecule has 2 aliphatic rings. The fourth-order valence-corrected chi connectivity index (χ4v) is 4.71. The lowest BCUT2D eigenvalue weighted by Gasteiger charge is -2.29. The molecule has 1 amide bonds. The number of carbonyl (C=O) groups excluding carboxylic acids is 1. The van der Waals surface area contributed by atoms with Crippen LogP contribution in [0.1, 0.15) is 65.7 Å². The molecule has 0 saturated heterocycles.